The number of benzene rings is 1. The molecule has 2 atom stereocenters. The second-order valence-electron chi connectivity index (χ2n) is 5.23. The number of methoxy groups -OCH3 is 1. The summed E-state index contributed by atoms with van der Waals surface area (Å²) in [6.07, 6.45) is 2.29. The van der Waals surface area contributed by atoms with Crippen LogP contribution in [-0.2, 0) is 0 Å². The van der Waals surface area contributed by atoms with E-state index in [1.54, 1.807) is 13.2 Å². The van der Waals surface area contributed by atoms with Crippen molar-refractivity contribution in [1.29, 1.82) is 0 Å². The first-order chi connectivity index (χ1) is 8.52. The standard InChI is InChI=1S/C14H21FN2O/c1-9-4-5-10(2)17(8-9)13-7-14(18-3)12(16)6-11(13)15/h6-7,9-10H,4-5,8,16H2,1-3H3. The normalized spacial score (nSPS) is 24.1. The monoisotopic (exact) mass is 252 g/mol. The van der Waals surface area contributed by atoms with E-state index in [1.807, 2.05) is 0 Å². The summed E-state index contributed by atoms with van der Waals surface area (Å²) in [5.41, 5.74) is 6.65. The molecule has 0 amide bonds. The molecule has 1 aromatic rings. The molecule has 0 radical (unpaired) electrons. The number of piperidine rings is 1. The van der Waals surface area contributed by atoms with Crippen molar-refractivity contribution in [3.63, 3.8) is 0 Å². The number of rotatable bonds is 2. The van der Waals surface area contributed by atoms with Crippen LogP contribution < -0.4 is 15.4 Å². The van der Waals surface area contributed by atoms with Gasteiger partial charge in [0.2, 0.25) is 0 Å². The van der Waals surface area contributed by atoms with Crippen molar-refractivity contribution in [3.05, 3.63) is 17.9 Å². The lowest BCUT2D eigenvalue weighted by Gasteiger charge is -2.38. The molecule has 0 aromatic heterocycles. The Morgan fingerprint density at radius 2 is 2.06 bits per heavy atom. The van der Waals surface area contributed by atoms with Crippen LogP contribution in [-0.4, -0.2) is 19.7 Å². The van der Waals surface area contributed by atoms with Crippen molar-refractivity contribution in [2.45, 2.75) is 32.7 Å². The fourth-order valence-corrected chi connectivity index (χ4v) is 2.58. The molecule has 0 saturated carbocycles. The van der Waals surface area contributed by atoms with E-state index in [0.717, 1.165) is 13.0 Å². The number of nitrogens with two attached hydrogens (primary N) is 1. The summed E-state index contributed by atoms with van der Waals surface area (Å²) < 4.78 is 19.2. The highest BCUT2D eigenvalue weighted by Gasteiger charge is 2.25. The third-order valence-electron chi connectivity index (χ3n) is 3.73. The molecule has 1 saturated heterocycles. The minimum atomic E-state index is -0.269. The fourth-order valence-electron chi connectivity index (χ4n) is 2.58. The van der Waals surface area contributed by atoms with E-state index >= 15 is 0 Å². The highest BCUT2D eigenvalue weighted by atomic mass is 19.1. The van der Waals surface area contributed by atoms with Gasteiger partial charge in [-0.05, 0) is 25.7 Å². The van der Waals surface area contributed by atoms with Gasteiger partial charge in [-0.3, -0.25) is 0 Å². The molecule has 18 heavy (non-hydrogen) atoms. The number of hydrogen-bond acceptors (Lipinski definition) is 3. The van der Waals surface area contributed by atoms with E-state index in [1.165, 1.54) is 12.5 Å². The third-order valence-corrected chi connectivity index (χ3v) is 3.73. The number of ether oxygens (including phenoxy) is 1. The molecule has 0 aliphatic carbocycles. The van der Waals surface area contributed by atoms with Gasteiger partial charge in [-0.2, -0.15) is 0 Å². The van der Waals surface area contributed by atoms with Crippen molar-refractivity contribution in [2.24, 2.45) is 5.92 Å². The van der Waals surface area contributed by atoms with Crippen LogP contribution >= 0.6 is 0 Å². The maximum Gasteiger partial charge on any atom is 0.148 e. The zero-order valence-electron chi connectivity index (χ0n) is 11.2. The molecule has 0 bridgehead atoms. The first-order valence-corrected chi connectivity index (χ1v) is 6.42. The van der Waals surface area contributed by atoms with Crippen LogP contribution in [0.3, 0.4) is 0 Å². The number of hydrogen-bond donors (Lipinski definition) is 1. The Balaban J connectivity index is 2.36. The van der Waals surface area contributed by atoms with Crippen molar-refractivity contribution in [1.82, 2.24) is 0 Å². The number of halogens is 1. The lowest BCUT2D eigenvalue weighted by Crippen LogP contribution is -2.41. The fraction of sp³-hybridized carbons (Fsp3) is 0.571. The highest BCUT2D eigenvalue weighted by Crippen LogP contribution is 2.34. The van der Waals surface area contributed by atoms with Crippen molar-refractivity contribution >= 4 is 11.4 Å². The van der Waals surface area contributed by atoms with Gasteiger partial charge in [-0.25, -0.2) is 4.39 Å². The van der Waals surface area contributed by atoms with Gasteiger partial charge < -0.3 is 15.4 Å². The molecule has 1 aliphatic heterocycles. The zero-order valence-corrected chi connectivity index (χ0v) is 11.2. The zero-order chi connectivity index (χ0) is 13.3. The average Bonchev–Trinajstić information content (AvgIpc) is 2.33. The van der Waals surface area contributed by atoms with Gasteiger partial charge in [0.15, 0.2) is 0 Å². The first kappa shape index (κ1) is 13.0. The average molecular weight is 252 g/mol. The molecular formula is C14H21FN2O. The second kappa shape index (κ2) is 5.04. The summed E-state index contributed by atoms with van der Waals surface area (Å²) in [7, 11) is 1.55. The predicted molar refractivity (Wildman–Crippen MR) is 72.6 cm³/mol. The molecule has 2 N–H and O–H groups in total. The van der Waals surface area contributed by atoms with Crippen LogP contribution in [0.2, 0.25) is 0 Å². The van der Waals surface area contributed by atoms with Gasteiger partial charge in [0.1, 0.15) is 11.6 Å². The van der Waals surface area contributed by atoms with Crippen molar-refractivity contribution in [3.8, 4) is 5.75 Å². The molecule has 1 aliphatic rings. The Hall–Kier alpha value is -1.45. The number of nitrogens with zero attached hydrogens (tertiary/aromatic N) is 1. The largest absolute Gasteiger partial charge is 0.495 e. The highest BCUT2D eigenvalue weighted by molar-refractivity contribution is 5.63. The van der Waals surface area contributed by atoms with Crippen LogP contribution in [0.15, 0.2) is 12.1 Å². The van der Waals surface area contributed by atoms with Crippen molar-refractivity contribution in [2.75, 3.05) is 24.3 Å². The summed E-state index contributed by atoms with van der Waals surface area (Å²) >= 11 is 0. The molecule has 3 nitrogen and oxygen atoms in total. The Kier molecular flexibility index (Phi) is 3.64. The quantitative estimate of drug-likeness (QED) is 0.822. The van der Waals surface area contributed by atoms with Gasteiger partial charge in [0.05, 0.1) is 18.5 Å². The van der Waals surface area contributed by atoms with E-state index in [2.05, 4.69) is 18.7 Å². The molecule has 100 valence electrons. The third kappa shape index (κ3) is 2.37. The van der Waals surface area contributed by atoms with Crippen LogP contribution in [0, 0.1) is 11.7 Å². The lowest BCUT2D eigenvalue weighted by atomic mass is 9.94. The Morgan fingerprint density at radius 1 is 1.33 bits per heavy atom. The Labute approximate surface area is 108 Å². The summed E-state index contributed by atoms with van der Waals surface area (Å²) in [4.78, 5) is 2.12. The van der Waals surface area contributed by atoms with Crippen LogP contribution in [0.5, 0.6) is 5.75 Å². The Bertz CT molecular complexity index is 436. The SMILES string of the molecule is COc1cc(N2CC(C)CCC2C)c(F)cc1N. The minimum Gasteiger partial charge on any atom is -0.495 e. The van der Waals surface area contributed by atoms with Crippen molar-refractivity contribution < 1.29 is 9.13 Å². The molecular weight excluding hydrogens is 231 g/mol. The first-order valence-electron chi connectivity index (χ1n) is 6.42. The second-order valence-corrected chi connectivity index (χ2v) is 5.23. The molecule has 1 heterocycles. The van der Waals surface area contributed by atoms with Gasteiger partial charge in [-0.1, -0.05) is 6.92 Å². The molecule has 2 unspecified atom stereocenters. The number of nitrogen functional groups attached to an aromatic ring is 1. The van der Waals surface area contributed by atoms with Gasteiger partial charge in [0, 0.05) is 24.7 Å². The topological polar surface area (TPSA) is 38.5 Å². The minimum absolute atomic E-state index is 0.269. The summed E-state index contributed by atoms with van der Waals surface area (Å²) in [5.74, 6) is 0.857. The summed E-state index contributed by atoms with van der Waals surface area (Å²) in [6.45, 7) is 5.21. The lowest BCUT2D eigenvalue weighted by molar-refractivity contribution is 0.384. The molecule has 0 spiro atoms. The van der Waals surface area contributed by atoms with Gasteiger partial charge >= 0.3 is 0 Å². The van der Waals surface area contributed by atoms with E-state index < -0.39 is 0 Å². The molecule has 4 heteroatoms. The number of anilines is 2. The van der Waals surface area contributed by atoms with Crippen LogP contribution in [0.1, 0.15) is 26.7 Å². The maximum atomic E-state index is 14.1. The maximum absolute atomic E-state index is 14.1. The van der Waals surface area contributed by atoms with Gasteiger partial charge in [-0.15, -0.1) is 0 Å². The molecule has 2 rings (SSSR count). The Morgan fingerprint density at radius 3 is 2.72 bits per heavy atom. The van der Waals surface area contributed by atoms with Gasteiger partial charge in [0.25, 0.3) is 0 Å². The summed E-state index contributed by atoms with van der Waals surface area (Å²) in [5, 5.41) is 0. The van der Waals surface area contributed by atoms with E-state index in [4.69, 9.17) is 10.5 Å². The molecule has 1 fully saturated rings. The van der Waals surface area contributed by atoms with E-state index in [9.17, 15) is 4.39 Å². The molecule has 1 aromatic carbocycles. The van der Waals surface area contributed by atoms with Crippen LogP contribution in [0.4, 0.5) is 15.8 Å². The summed E-state index contributed by atoms with van der Waals surface area (Å²) in [6, 6.07) is 3.41. The van der Waals surface area contributed by atoms with E-state index in [-0.39, 0.29) is 5.82 Å². The smallest absolute Gasteiger partial charge is 0.148 e. The van der Waals surface area contributed by atoms with E-state index in [0.29, 0.717) is 29.1 Å². The predicted octanol–water partition coefficient (Wildman–Crippen LogP) is 3.04. The van der Waals surface area contributed by atoms with Crippen LogP contribution in [0.25, 0.3) is 0 Å².